The molecule has 0 N–H and O–H groups in total. The molecule has 1 heteroatoms. The summed E-state index contributed by atoms with van der Waals surface area (Å²) in [7, 11) is 0. The molecule has 0 saturated carbocycles. The predicted octanol–water partition coefficient (Wildman–Crippen LogP) is 5.33. The Balaban J connectivity index is 2.79. The lowest BCUT2D eigenvalue weighted by Crippen LogP contribution is -1.93. The third kappa shape index (κ3) is 2.05. The van der Waals surface area contributed by atoms with Gasteiger partial charge in [-0.05, 0) is 38.9 Å². The van der Waals surface area contributed by atoms with E-state index < -0.39 is 0 Å². The summed E-state index contributed by atoms with van der Waals surface area (Å²) < 4.78 is 0. The fourth-order valence-electron chi connectivity index (χ4n) is 2.17. The molecule has 0 aliphatic heterocycles. The summed E-state index contributed by atoms with van der Waals surface area (Å²) in [5.74, 6) is 0.532. The lowest BCUT2D eigenvalue weighted by atomic mass is 9.91. The van der Waals surface area contributed by atoms with Crippen LogP contribution in [0.4, 0.5) is 0 Å². The summed E-state index contributed by atoms with van der Waals surface area (Å²) in [6.45, 7) is 4.49. The summed E-state index contributed by atoms with van der Waals surface area (Å²) in [5, 5.41) is 2.68. The number of halogens is 1. The van der Waals surface area contributed by atoms with E-state index in [2.05, 4.69) is 72.3 Å². The topological polar surface area (TPSA) is 0 Å². The Morgan fingerprint density at radius 1 is 1.06 bits per heavy atom. The Bertz CT molecular complexity index is 524. The first-order valence-electron chi connectivity index (χ1n) is 5.52. The predicted molar refractivity (Wildman–Crippen MR) is 76.0 cm³/mol. The van der Waals surface area contributed by atoms with Gasteiger partial charge in [0.05, 0.1) is 0 Å². The molecule has 0 unspecified atom stereocenters. The average molecular weight is 275 g/mol. The van der Waals surface area contributed by atoms with Gasteiger partial charge >= 0.3 is 0 Å². The molecule has 16 heavy (non-hydrogen) atoms. The van der Waals surface area contributed by atoms with Gasteiger partial charge in [0, 0.05) is 0 Å². The number of hydrogen-bond acceptors (Lipinski definition) is 0. The van der Waals surface area contributed by atoms with E-state index in [4.69, 9.17) is 0 Å². The summed E-state index contributed by atoms with van der Waals surface area (Å²) in [6, 6.07) is 12.9. The second kappa shape index (κ2) is 4.84. The fraction of sp³-hybridized carbons (Fsp3) is 0.200. The second-order valence-electron chi connectivity index (χ2n) is 4.24. The van der Waals surface area contributed by atoms with Crippen LogP contribution in [-0.2, 0) is 0 Å². The maximum Gasteiger partial charge on any atom is -0.0143 e. The van der Waals surface area contributed by atoms with E-state index in [1.54, 1.807) is 0 Å². The normalized spacial score (nSPS) is 11.8. The summed E-state index contributed by atoms with van der Waals surface area (Å²) in [5.41, 5.74) is 2.72. The van der Waals surface area contributed by atoms with Gasteiger partial charge < -0.3 is 0 Å². The fourth-order valence-corrected chi connectivity index (χ4v) is 2.45. The van der Waals surface area contributed by atoms with Crippen LogP contribution in [0.3, 0.4) is 0 Å². The molecule has 0 aliphatic rings. The van der Waals surface area contributed by atoms with E-state index in [0.717, 1.165) is 0 Å². The van der Waals surface area contributed by atoms with Gasteiger partial charge in [-0.2, -0.15) is 0 Å². The third-order valence-electron chi connectivity index (χ3n) is 2.82. The summed E-state index contributed by atoms with van der Waals surface area (Å²) >= 11 is 3.35. The van der Waals surface area contributed by atoms with Crippen molar-refractivity contribution in [2.24, 2.45) is 0 Å². The van der Waals surface area contributed by atoms with Gasteiger partial charge in [-0.15, -0.1) is 0 Å². The number of benzene rings is 2. The molecule has 0 aliphatic carbocycles. The van der Waals surface area contributed by atoms with E-state index in [0.29, 0.717) is 5.92 Å². The van der Waals surface area contributed by atoms with Gasteiger partial charge in [-0.3, -0.25) is 0 Å². The van der Waals surface area contributed by atoms with Crippen molar-refractivity contribution in [2.75, 3.05) is 0 Å². The minimum absolute atomic E-state index is 0.532. The largest absolute Gasteiger partial charge is 0.0616 e. The van der Waals surface area contributed by atoms with Crippen molar-refractivity contribution in [1.29, 1.82) is 0 Å². The Labute approximate surface area is 105 Å². The van der Waals surface area contributed by atoms with Crippen molar-refractivity contribution in [1.82, 2.24) is 0 Å². The van der Waals surface area contributed by atoms with Gasteiger partial charge in [-0.25, -0.2) is 0 Å². The molecule has 82 valence electrons. The Morgan fingerprint density at radius 3 is 2.50 bits per heavy atom. The lowest BCUT2D eigenvalue weighted by Gasteiger charge is -2.13. The molecule has 0 bridgehead atoms. The maximum atomic E-state index is 3.35. The first-order chi connectivity index (χ1) is 7.74. The molecule has 0 atom stereocenters. The highest BCUT2D eigenvalue weighted by Gasteiger charge is 2.08. The minimum atomic E-state index is 0.532. The maximum absolute atomic E-state index is 3.35. The third-order valence-corrected chi connectivity index (χ3v) is 3.09. The van der Waals surface area contributed by atoms with Crippen LogP contribution in [0.1, 0.15) is 30.9 Å². The Morgan fingerprint density at radius 2 is 1.81 bits per heavy atom. The van der Waals surface area contributed by atoms with Crippen molar-refractivity contribution in [3.63, 3.8) is 0 Å². The first kappa shape index (κ1) is 11.4. The summed E-state index contributed by atoms with van der Waals surface area (Å²) in [4.78, 5) is 1.92. The van der Waals surface area contributed by atoms with Gasteiger partial charge in [0.2, 0.25) is 0 Å². The van der Waals surface area contributed by atoms with Crippen LogP contribution in [0.5, 0.6) is 0 Å². The van der Waals surface area contributed by atoms with E-state index in [9.17, 15) is 0 Å². The zero-order chi connectivity index (χ0) is 11.5. The number of rotatable bonds is 2. The molecule has 2 rings (SSSR count). The SMILES string of the molecule is CC(C)c1c(C=CBr)ccc2ccccc12. The molecule has 0 saturated heterocycles. The smallest absolute Gasteiger partial charge is 0.0143 e. The zero-order valence-electron chi connectivity index (χ0n) is 9.57. The van der Waals surface area contributed by atoms with Crippen molar-refractivity contribution in [3.05, 3.63) is 52.5 Å². The molecule has 0 fully saturated rings. The van der Waals surface area contributed by atoms with E-state index in [1.165, 1.54) is 21.9 Å². The molecule has 2 aromatic rings. The van der Waals surface area contributed by atoms with E-state index >= 15 is 0 Å². The standard InChI is InChI=1S/C15H15Br/c1-11(2)15-13(9-10-16)8-7-12-5-3-4-6-14(12)15/h3-11H,1-2H3. The Hall–Kier alpha value is -1.08. The lowest BCUT2D eigenvalue weighted by molar-refractivity contribution is 0.874. The van der Waals surface area contributed by atoms with Crippen LogP contribution in [0.25, 0.3) is 16.8 Å². The van der Waals surface area contributed by atoms with Gasteiger partial charge in [-0.1, -0.05) is 66.2 Å². The average Bonchev–Trinajstić information content (AvgIpc) is 2.28. The Kier molecular flexibility index (Phi) is 3.45. The molecule has 0 heterocycles. The number of hydrogen-bond donors (Lipinski definition) is 0. The minimum Gasteiger partial charge on any atom is -0.0616 e. The van der Waals surface area contributed by atoms with Crippen LogP contribution in [0, 0.1) is 0 Å². The van der Waals surface area contributed by atoms with Crippen LogP contribution in [-0.4, -0.2) is 0 Å². The molecule has 0 spiro atoms. The van der Waals surface area contributed by atoms with Crippen LogP contribution in [0.15, 0.2) is 41.4 Å². The summed E-state index contributed by atoms with van der Waals surface area (Å²) in [6.07, 6.45) is 2.11. The molecule has 0 radical (unpaired) electrons. The van der Waals surface area contributed by atoms with Crippen LogP contribution < -0.4 is 0 Å². The van der Waals surface area contributed by atoms with Gasteiger partial charge in [0.1, 0.15) is 0 Å². The molecule has 0 amide bonds. The van der Waals surface area contributed by atoms with E-state index in [1.807, 2.05) is 4.99 Å². The van der Waals surface area contributed by atoms with Crippen molar-refractivity contribution in [2.45, 2.75) is 19.8 Å². The molecule has 0 aromatic heterocycles. The van der Waals surface area contributed by atoms with Crippen molar-refractivity contribution < 1.29 is 0 Å². The van der Waals surface area contributed by atoms with Crippen molar-refractivity contribution >= 4 is 32.8 Å². The van der Waals surface area contributed by atoms with Gasteiger partial charge in [0.15, 0.2) is 0 Å². The van der Waals surface area contributed by atoms with Crippen LogP contribution >= 0.6 is 15.9 Å². The van der Waals surface area contributed by atoms with Crippen molar-refractivity contribution in [3.8, 4) is 0 Å². The molecule has 0 nitrogen and oxygen atoms in total. The quantitative estimate of drug-likeness (QED) is 0.695. The molecule has 2 aromatic carbocycles. The number of fused-ring (bicyclic) bond motifs is 1. The zero-order valence-corrected chi connectivity index (χ0v) is 11.2. The highest BCUT2D eigenvalue weighted by atomic mass is 79.9. The highest BCUT2D eigenvalue weighted by molar-refractivity contribution is 9.11. The first-order valence-corrected chi connectivity index (χ1v) is 6.44. The monoisotopic (exact) mass is 274 g/mol. The highest BCUT2D eigenvalue weighted by Crippen LogP contribution is 2.29. The van der Waals surface area contributed by atoms with Gasteiger partial charge in [0.25, 0.3) is 0 Å². The second-order valence-corrected chi connectivity index (χ2v) is 4.77. The molecular formula is C15H15Br. The van der Waals surface area contributed by atoms with E-state index in [-0.39, 0.29) is 0 Å². The molecular weight excluding hydrogens is 260 g/mol. The van der Waals surface area contributed by atoms with Crippen LogP contribution in [0.2, 0.25) is 0 Å².